The molecule has 5 heteroatoms. The molecule has 17 heavy (non-hydrogen) atoms. The van der Waals surface area contributed by atoms with E-state index in [1.54, 1.807) is 18.0 Å². The highest BCUT2D eigenvalue weighted by atomic mass is 79.9. The molecular formula is C12H14BrClFNO. The zero-order valence-electron chi connectivity index (χ0n) is 9.55. The van der Waals surface area contributed by atoms with Crippen LogP contribution in [0.15, 0.2) is 18.2 Å². The minimum Gasteiger partial charge on any atom is -0.345 e. The molecule has 1 rings (SSSR count). The molecule has 0 aliphatic rings. The maximum absolute atomic E-state index is 13.5. The van der Waals surface area contributed by atoms with Gasteiger partial charge in [-0.2, -0.15) is 0 Å². The number of carbonyl (C=O) groups excluding carboxylic acids is 1. The number of likely N-dealkylation sites (N-methyl/N-ethyl adjacent to an activating group) is 1. The van der Waals surface area contributed by atoms with Gasteiger partial charge in [-0.05, 0) is 18.6 Å². The van der Waals surface area contributed by atoms with Crippen molar-refractivity contribution in [1.82, 2.24) is 4.90 Å². The van der Waals surface area contributed by atoms with E-state index in [1.165, 1.54) is 12.1 Å². The van der Waals surface area contributed by atoms with E-state index < -0.39 is 5.82 Å². The lowest BCUT2D eigenvalue weighted by atomic mass is 10.1. The van der Waals surface area contributed by atoms with Crippen LogP contribution in [0.2, 0.25) is 5.02 Å². The Morgan fingerprint density at radius 3 is 2.82 bits per heavy atom. The van der Waals surface area contributed by atoms with Crippen molar-refractivity contribution in [3.63, 3.8) is 0 Å². The van der Waals surface area contributed by atoms with Crippen molar-refractivity contribution in [1.29, 1.82) is 0 Å². The molecule has 0 fully saturated rings. The van der Waals surface area contributed by atoms with Crippen molar-refractivity contribution in [2.45, 2.75) is 12.8 Å². The van der Waals surface area contributed by atoms with Gasteiger partial charge in [-0.25, -0.2) is 4.39 Å². The Hall–Kier alpha value is -0.610. The predicted octanol–water partition coefficient (Wildman–Crippen LogP) is 3.27. The third-order valence-electron chi connectivity index (χ3n) is 2.44. The van der Waals surface area contributed by atoms with E-state index >= 15 is 0 Å². The van der Waals surface area contributed by atoms with Crippen molar-refractivity contribution < 1.29 is 9.18 Å². The van der Waals surface area contributed by atoms with Gasteiger partial charge in [0.1, 0.15) is 5.82 Å². The van der Waals surface area contributed by atoms with Gasteiger partial charge >= 0.3 is 0 Å². The Bertz CT molecular complexity index is 380. The summed E-state index contributed by atoms with van der Waals surface area (Å²) in [4.78, 5) is 13.4. The molecule has 0 radical (unpaired) electrons. The van der Waals surface area contributed by atoms with E-state index in [1.807, 2.05) is 0 Å². The molecule has 0 aliphatic carbocycles. The van der Waals surface area contributed by atoms with E-state index in [0.717, 1.165) is 11.8 Å². The SMILES string of the molecule is CN(CCCBr)C(=O)Cc1c(F)cccc1Cl. The molecule has 1 amide bonds. The Labute approximate surface area is 114 Å². The van der Waals surface area contributed by atoms with E-state index in [0.29, 0.717) is 11.6 Å². The highest BCUT2D eigenvalue weighted by Crippen LogP contribution is 2.19. The molecule has 0 unspecified atom stereocenters. The van der Waals surface area contributed by atoms with Gasteiger partial charge in [-0.3, -0.25) is 4.79 Å². The van der Waals surface area contributed by atoms with Crippen LogP contribution >= 0.6 is 27.5 Å². The summed E-state index contributed by atoms with van der Waals surface area (Å²) in [7, 11) is 1.71. The number of hydrogen-bond acceptors (Lipinski definition) is 1. The first-order valence-electron chi connectivity index (χ1n) is 5.29. The van der Waals surface area contributed by atoms with Crippen molar-refractivity contribution in [3.05, 3.63) is 34.6 Å². The molecule has 94 valence electrons. The smallest absolute Gasteiger partial charge is 0.226 e. The molecule has 0 N–H and O–H groups in total. The Morgan fingerprint density at radius 2 is 2.24 bits per heavy atom. The second-order valence-electron chi connectivity index (χ2n) is 3.73. The molecule has 0 heterocycles. The van der Waals surface area contributed by atoms with Crippen molar-refractivity contribution in [2.24, 2.45) is 0 Å². The minimum absolute atomic E-state index is 0.00426. The van der Waals surface area contributed by atoms with Crippen molar-refractivity contribution >= 4 is 33.4 Å². The lowest BCUT2D eigenvalue weighted by Crippen LogP contribution is -2.29. The van der Waals surface area contributed by atoms with Crippen LogP contribution in [0.3, 0.4) is 0 Å². The molecule has 0 spiro atoms. The van der Waals surface area contributed by atoms with Crippen LogP contribution in [0.4, 0.5) is 4.39 Å². The number of carbonyl (C=O) groups is 1. The molecule has 1 aromatic carbocycles. The average molecular weight is 323 g/mol. The number of nitrogens with zero attached hydrogens (tertiary/aromatic N) is 1. The minimum atomic E-state index is -0.431. The number of hydrogen-bond donors (Lipinski definition) is 0. The predicted molar refractivity (Wildman–Crippen MR) is 71.2 cm³/mol. The zero-order chi connectivity index (χ0) is 12.8. The second kappa shape index (κ2) is 6.97. The summed E-state index contributed by atoms with van der Waals surface area (Å²) in [6.45, 7) is 0.649. The molecule has 2 nitrogen and oxygen atoms in total. The van der Waals surface area contributed by atoms with E-state index in [9.17, 15) is 9.18 Å². The van der Waals surface area contributed by atoms with Crippen LogP contribution in [0.1, 0.15) is 12.0 Å². The summed E-state index contributed by atoms with van der Waals surface area (Å²) in [6.07, 6.45) is 0.873. The first kappa shape index (κ1) is 14.5. The fraction of sp³-hybridized carbons (Fsp3) is 0.417. The van der Waals surface area contributed by atoms with Crippen LogP contribution in [0.25, 0.3) is 0 Å². The van der Waals surface area contributed by atoms with Gasteiger partial charge in [0.05, 0.1) is 6.42 Å². The normalized spacial score (nSPS) is 10.4. The highest BCUT2D eigenvalue weighted by Gasteiger charge is 2.14. The van der Waals surface area contributed by atoms with Gasteiger partial charge in [0.15, 0.2) is 0 Å². The molecule has 0 aromatic heterocycles. The third-order valence-corrected chi connectivity index (χ3v) is 3.36. The number of amides is 1. The monoisotopic (exact) mass is 321 g/mol. The van der Waals surface area contributed by atoms with Gasteiger partial charge in [0.25, 0.3) is 0 Å². The van der Waals surface area contributed by atoms with Gasteiger partial charge in [-0.15, -0.1) is 0 Å². The number of alkyl halides is 1. The topological polar surface area (TPSA) is 20.3 Å². The van der Waals surface area contributed by atoms with Crippen molar-refractivity contribution in [2.75, 3.05) is 18.9 Å². The summed E-state index contributed by atoms with van der Waals surface area (Å²) >= 11 is 9.16. The number of rotatable bonds is 5. The fourth-order valence-electron chi connectivity index (χ4n) is 1.41. The average Bonchev–Trinajstić information content (AvgIpc) is 2.30. The third kappa shape index (κ3) is 4.28. The van der Waals surface area contributed by atoms with E-state index in [4.69, 9.17) is 11.6 Å². The molecule has 0 aliphatic heterocycles. The van der Waals surface area contributed by atoms with E-state index in [-0.39, 0.29) is 17.9 Å². The lowest BCUT2D eigenvalue weighted by molar-refractivity contribution is -0.129. The van der Waals surface area contributed by atoms with Gasteiger partial charge in [-0.1, -0.05) is 33.6 Å². The quantitative estimate of drug-likeness (QED) is 0.762. The molecule has 1 aromatic rings. The molecule has 0 saturated carbocycles. The summed E-state index contributed by atoms with van der Waals surface area (Å²) < 4.78 is 13.5. The number of benzene rings is 1. The molecule has 0 saturated heterocycles. The van der Waals surface area contributed by atoms with Crippen LogP contribution in [0.5, 0.6) is 0 Å². The largest absolute Gasteiger partial charge is 0.345 e. The molecule has 0 atom stereocenters. The van der Waals surface area contributed by atoms with Gasteiger partial charge in [0, 0.05) is 29.5 Å². The lowest BCUT2D eigenvalue weighted by Gasteiger charge is -2.17. The summed E-state index contributed by atoms with van der Waals surface area (Å²) in [6, 6.07) is 4.43. The Morgan fingerprint density at radius 1 is 1.53 bits per heavy atom. The van der Waals surface area contributed by atoms with Crippen LogP contribution < -0.4 is 0 Å². The van der Waals surface area contributed by atoms with Gasteiger partial charge < -0.3 is 4.90 Å². The fourth-order valence-corrected chi connectivity index (χ4v) is 1.89. The second-order valence-corrected chi connectivity index (χ2v) is 4.94. The zero-order valence-corrected chi connectivity index (χ0v) is 11.9. The van der Waals surface area contributed by atoms with Crippen LogP contribution in [-0.2, 0) is 11.2 Å². The Balaban J connectivity index is 2.68. The van der Waals surface area contributed by atoms with Gasteiger partial charge in [0.2, 0.25) is 5.91 Å². The van der Waals surface area contributed by atoms with Crippen LogP contribution in [-0.4, -0.2) is 29.7 Å². The standard InChI is InChI=1S/C12H14BrClFNO/c1-16(7-3-6-13)12(17)8-9-10(14)4-2-5-11(9)15/h2,4-5H,3,6-8H2,1H3. The summed E-state index contributed by atoms with van der Waals surface area (Å²) in [5.74, 6) is -0.558. The highest BCUT2D eigenvalue weighted by molar-refractivity contribution is 9.09. The van der Waals surface area contributed by atoms with Crippen molar-refractivity contribution in [3.8, 4) is 0 Å². The number of halogens is 3. The van der Waals surface area contributed by atoms with E-state index in [2.05, 4.69) is 15.9 Å². The van der Waals surface area contributed by atoms with Crippen LogP contribution in [0, 0.1) is 5.82 Å². The first-order chi connectivity index (χ1) is 8.06. The Kier molecular flexibility index (Phi) is 5.92. The molecule has 0 bridgehead atoms. The molecular weight excluding hydrogens is 308 g/mol. The first-order valence-corrected chi connectivity index (χ1v) is 6.79. The maximum atomic E-state index is 13.5. The maximum Gasteiger partial charge on any atom is 0.226 e. The summed E-state index contributed by atoms with van der Waals surface area (Å²) in [5, 5.41) is 1.14. The summed E-state index contributed by atoms with van der Waals surface area (Å²) in [5.41, 5.74) is 0.268.